The first kappa shape index (κ1) is 21.2. The van der Waals surface area contributed by atoms with E-state index in [4.69, 9.17) is 15.2 Å². The third-order valence-electron chi connectivity index (χ3n) is 5.83. The number of imidazole rings is 1. The fourth-order valence-corrected chi connectivity index (χ4v) is 4.56. The number of nitrogens with two attached hydrogens (primary N) is 1. The van der Waals surface area contributed by atoms with Gasteiger partial charge in [-0.25, -0.2) is 9.78 Å². The normalized spacial score (nSPS) is 23.0. The number of carbonyl (C=O) groups excluding carboxylic acids is 2. The van der Waals surface area contributed by atoms with Crippen LogP contribution in [0.25, 0.3) is 11.3 Å². The highest BCUT2D eigenvalue weighted by Crippen LogP contribution is 2.39. The number of aromatic nitrogens is 2. The molecule has 8 nitrogen and oxygen atoms in total. The molecule has 2 aliphatic heterocycles. The molecule has 3 heterocycles. The predicted octanol–water partition coefficient (Wildman–Crippen LogP) is 3.50. The Bertz CT molecular complexity index is 980. The van der Waals surface area contributed by atoms with Crippen molar-refractivity contribution < 1.29 is 19.1 Å². The highest BCUT2D eigenvalue weighted by Gasteiger charge is 2.45. The zero-order valence-corrected chi connectivity index (χ0v) is 18.5. The number of fused-ring (bicyclic) bond motifs is 2. The molecule has 166 valence electrons. The van der Waals surface area contributed by atoms with Crippen molar-refractivity contribution >= 4 is 12.0 Å². The molecule has 2 saturated heterocycles. The maximum atomic E-state index is 12.7. The van der Waals surface area contributed by atoms with Crippen molar-refractivity contribution in [3.05, 3.63) is 36.3 Å². The largest absolute Gasteiger partial charge is 0.489 e. The smallest absolute Gasteiger partial charge is 0.410 e. The number of nitrogens with zero attached hydrogens (tertiary/aromatic N) is 3. The molecular formula is C23H30N4O4. The van der Waals surface area contributed by atoms with Gasteiger partial charge in [0.1, 0.15) is 17.5 Å². The second-order valence-electron chi connectivity index (χ2n) is 9.48. The van der Waals surface area contributed by atoms with E-state index in [0.29, 0.717) is 24.2 Å². The molecule has 1 aromatic heterocycles. The molecule has 0 aliphatic carbocycles. The molecule has 2 bridgehead atoms. The zero-order valence-electron chi connectivity index (χ0n) is 18.5. The van der Waals surface area contributed by atoms with Crippen molar-refractivity contribution in [2.45, 2.75) is 70.2 Å². The molecule has 2 fully saturated rings. The minimum Gasteiger partial charge on any atom is -0.489 e. The summed E-state index contributed by atoms with van der Waals surface area (Å²) in [5.41, 5.74) is 7.04. The van der Waals surface area contributed by atoms with E-state index < -0.39 is 11.5 Å². The highest BCUT2D eigenvalue weighted by molar-refractivity contribution is 5.97. The molecule has 31 heavy (non-hydrogen) atoms. The summed E-state index contributed by atoms with van der Waals surface area (Å²) in [5.74, 6) is -0.0655. The van der Waals surface area contributed by atoms with Crippen molar-refractivity contribution in [3.8, 4) is 17.0 Å². The number of carbonyl (C=O) groups is 2. The van der Waals surface area contributed by atoms with Crippen molar-refractivity contribution in [1.82, 2.24) is 14.5 Å². The predicted molar refractivity (Wildman–Crippen MR) is 116 cm³/mol. The average Bonchev–Trinajstić information content (AvgIpc) is 3.22. The van der Waals surface area contributed by atoms with Gasteiger partial charge in [-0.2, -0.15) is 0 Å². The third kappa shape index (κ3) is 4.52. The molecule has 2 aromatic rings. The Morgan fingerprint density at radius 3 is 2.39 bits per heavy atom. The average molecular weight is 427 g/mol. The van der Waals surface area contributed by atoms with Crippen LogP contribution in [-0.4, -0.2) is 50.2 Å². The van der Waals surface area contributed by atoms with Crippen LogP contribution in [0.15, 0.2) is 30.7 Å². The van der Waals surface area contributed by atoms with Gasteiger partial charge in [-0.15, -0.1) is 0 Å². The lowest BCUT2D eigenvalue weighted by molar-refractivity contribution is -0.00711. The zero-order chi connectivity index (χ0) is 22.3. The van der Waals surface area contributed by atoms with Gasteiger partial charge in [-0.1, -0.05) is 0 Å². The first-order chi connectivity index (χ1) is 14.6. The second-order valence-corrected chi connectivity index (χ2v) is 9.48. The highest BCUT2D eigenvalue weighted by atomic mass is 16.6. The van der Waals surface area contributed by atoms with Crippen LogP contribution in [0.4, 0.5) is 4.79 Å². The Morgan fingerprint density at radius 2 is 1.84 bits per heavy atom. The molecule has 2 aliphatic rings. The van der Waals surface area contributed by atoms with E-state index in [1.807, 2.05) is 49.5 Å². The van der Waals surface area contributed by atoms with E-state index in [1.165, 1.54) is 0 Å². The van der Waals surface area contributed by atoms with Crippen molar-refractivity contribution in [1.29, 1.82) is 0 Å². The number of benzene rings is 1. The maximum Gasteiger partial charge on any atom is 0.410 e. The van der Waals surface area contributed by atoms with Crippen LogP contribution in [-0.2, 0) is 11.8 Å². The summed E-state index contributed by atoms with van der Waals surface area (Å²) < 4.78 is 13.7. The van der Waals surface area contributed by atoms with Gasteiger partial charge in [0, 0.05) is 43.7 Å². The van der Waals surface area contributed by atoms with Crippen LogP contribution < -0.4 is 10.5 Å². The van der Waals surface area contributed by atoms with Gasteiger partial charge in [0.05, 0.1) is 17.6 Å². The Hall–Kier alpha value is -3.03. The molecule has 1 aromatic carbocycles. The van der Waals surface area contributed by atoms with Gasteiger partial charge >= 0.3 is 6.09 Å². The van der Waals surface area contributed by atoms with Gasteiger partial charge < -0.3 is 24.7 Å². The molecule has 0 spiro atoms. The van der Waals surface area contributed by atoms with Gasteiger partial charge in [0.15, 0.2) is 0 Å². The molecule has 8 heteroatoms. The maximum absolute atomic E-state index is 12.7. The lowest BCUT2D eigenvalue weighted by atomic mass is 9.99. The number of hydrogen-bond donors (Lipinski definition) is 1. The second kappa shape index (κ2) is 7.90. The van der Waals surface area contributed by atoms with Gasteiger partial charge in [-0.05, 0) is 51.8 Å². The van der Waals surface area contributed by atoms with Crippen LogP contribution in [0, 0.1) is 0 Å². The monoisotopic (exact) mass is 426 g/mol. The summed E-state index contributed by atoms with van der Waals surface area (Å²) >= 11 is 0. The first-order valence-electron chi connectivity index (χ1n) is 10.7. The molecule has 0 saturated carbocycles. The van der Waals surface area contributed by atoms with E-state index in [9.17, 15) is 9.59 Å². The summed E-state index contributed by atoms with van der Waals surface area (Å²) in [6.07, 6.45) is 6.52. The van der Waals surface area contributed by atoms with E-state index in [2.05, 4.69) is 4.98 Å². The van der Waals surface area contributed by atoms with E-state index in [0.717, 1.165) is 24.1 Å². The van der Waals surface area contributed by atoms with Crippen LogP contribution >= 0.6 is 0 Å². The number of ether oxygens (including phenoxy) is 2. The van der Waals surface area contributed by atoms with Crippen molar-refractivity contribution in [3.63, 3.8) is 0 Å². The minimum absolute atomic E-state index is 0.0865. The van der Waals surface area contributed by atoms with Gasteiger partial charge in [-0.3, -0.25) is 4.79 Å². The lowest BCUT2D eigenvalue weighted by Crippen LogP contribution is -2.50. The number of aryl methyl sites for hydroxylation is 1. The molecule has 4 rings (SSSR count). The lowest BCUT2D eigenvalue weighted by Gasteiger charge is -2.39. The topological polar surface area (TPSA) is 99.7 Å². The van der Waals surface area contributed by atoms with E-state index >= 15 is 0 Å². The summed E-state index contributed by atoms with van der Waals surface area (Å²) in [6, 6.07) is 5.57. The van der Waals surface area contributed by atoms with Gasteiger partial charge in [0.25, 0.3) is 5.91 Å². The Balaban J connectivity index is 1.49. The van der Waals surface area contributed by atoms with E-state index in [1.54, 1.807) is 18.5 Å². The Morgan fingerprint density at radius 1 is 1.16 bits per heavy atom. The quantitative estimate of drug-likeness (QED) is 0.807. The fourth-order valence-electron chi connectivity index (χ4n) is 4.56. The first-order valence-corrected chi connectivity index (χ1v) is 10.7. The summed E-state index contributed by atoms with van der Waals surface area (Å²) in [7, 11) is 1.89. The van der Waals surface area contributed by atoms with Crippen molar-refractivity contribution in [2.24, 2.45) is 12.8 Å². The standard InChI is InChI=1S/C23H30N4O4/c1-23(2,3)31-22(29)27-15-6-7-16(27)11-17(10-15)30-20-8-5-14(9-18(20)21(24)28)19-12-26(4)13-25-19/h5,8-9,12-13,15-17H,6-7,10-11H2,1-4H3,(H2,24,28)/t15-,16+,17?. The van der Waals surface area contributed by atoms with Crippen molar-refractivity contribution in [2.75, 3.05) is 0 Å². The number of amides is 2. The van der Waals surface area contributed by atoms with E-state index in [-0.39, 0.29) is 24.3 Å². The summed E-state index contributed by atoms with van der Waals surface area (Å²) in [4.78, 5) is 31.0. The molecule has 1 unspecified atom stereocenters. The number of rotatable bonds is 4. The molecular weight excluding hydrogens is 396 g/mol. The number of primary amides is 1. The summed E-state index contributed by atoms with van der Waals surface area (Å²) in [6.45, 7) is 5.63. The molecule has 2 N–H and O–H groups in total. The fraction of sp³-hybridized carbons (Fsp3) is 0.522. The van der Waals surface area contributed by atoms with Crippen LogP contribution in [0.2, 0.25) is 0 Å². The van der Waals surface area contributed by atoms with Gasteiger partial charge in [0.2, 0.25) is 0 Å². The number of piperidine rings is 1. The Kier molecular flexibility index (Phi) is 5.41. The minimum atomic E-state index is -0.540. The molecule has 2 amide bonds. The number of hydrogen-bond acceptors (Lipinski definition) is 5. The SMILES string of the molecule is Cn1cnc(-c2ccc(OC3C[C@H]4CC[C@@H](C3)N4C(=O)OC(C)(C)C)c(C(N)=O)c2)c1. The third-order valence-corrected chi connectivity index (χ3v) is 5.83. The Labute approximate surface area is 182 Å². The molecule has 3 atom stereocenters. The van der Waals surface area contributed by atoms with Crippen LogP contribution in [0.5, 0.6) is 5.75 Å². The molecule has 0 radical (unpaired) electrons. The summed E-state index contributed by atoms with van der Waals surface area (Å²) in [5, 5.41) is 0. The van der Waals surface area contributed by atoms with Crippen LogP contribution in [0.3, 0.4) is 0 Å². The van der Waals surface area contributed by atoms with Crippen LogP contribution in [0.1, 0.15) is 56.8 Å².